The van der Waals surface area contributed by atoms with Gasteiger partial charge in [0.15, 0.2) is 0 Å². The molecule has 94 valence electrons. The van der Waals surface area contributed by atoms with E-state index in [1.165, 1.54) is 22.2 Å². The number of benzene rings is 1. The number of para-hydroxylation sites is 1. The molecule has 0 saturated carbocycles. The Hall–Kier alpha value is -1.77. The third-order valence-electron chi connectivity index (χ3n) is 4.04. The highest BCUT2D eigenvalue weighted by Gasteiger charge is 2.29. The molecule has 1 heterocycles. The predicted octanol–water partition coefficient (Wildman–Crippen LogP) is 2.57. The van der Waals surface area contributed by atoms with Gasteiger partial charge in [-0.05, 0) is 37.8 Å². The zero-order valence-electron chi connectivity index (χ0n) is 10.6. The molecule has 3 nitrogen and oxygen atoms in total. The largest absolute Gasteiger partial charge is 0.369 e. The molecule has 3 heteroatoms. The highest BCUT2D eigenvalue weighted by molar-refractivity contribution is 5.93. The second kappa shape index (κ2) is 4.16. The van der Waals surface area contributed by atoms with Crippen LogP contribution in [0.25, 0.3) is 10.9 Å². The van der Waals surface area contributed by atoms with Crippen molar-refractivity contribution in [1.82, 2.24) is 4.57 Å². The van der Waals surface area contributed by atoms with Gasteiger partial charge in [0.05, 0.1) is 5.92 Å². The fourth-order valence-corrected chi connectivity index (χ4v) is 3.31. The molecule has 0 radical (unpaired) electrons. The number of fused-ring (bicyclic) bond motifs is 3. The van der Waals surface area contributed by atoms with E-state index in [0.717, 1.165) is 25.8 Å². The highest BCUT2D eigenvalue weighted by Crippen LogP contribution is 2.38. The molecule has 0 spiro atoms. The van der Waals surface area contributed by atoms with Gasteiger partial charge in [-0.25, -0.2) is 0 Å². The number of primary amides is 1. The van der Waals surface area contributed by atoms with Crippen LogP contribution >= 0.6 is 0 Å². The summed E-state index contributed by atoms with van der Waals surface area (Å²) in [5.74, 6) is -0.290. The number of amides is 1. The van der Waals surface area contributed by atoms with Crippen molar-refractivity contribution in [3.63, 3.8) is 0 Å². The van der Waals surface area contributed by atoms with Crippen molar-refractivity contribution < 1.29 is 4.79 Å². The molecule has 1 unspecified atom stereocenters. The van der Waals surface area contributed by atoms with E-state index in [-0.39, 0.29) is 11.8 Å². The summed E-state index contributed by atoms with van der Waals surface area (Å²) in [5, 5.41) is 1.21. The average molecular weight is 242 g/mol. The van der Waals surface area contributed by atoms with Gasteiger partial charge in [0.1, 0.15) is 0 Å². The minimum atomic E-state index is -0.185. The molecule has 0 saturated heterocycles. The number of hydrogen-bond acceptors (Lipinski definition) is 1. The lowest BCUT2D eigenvalue weighted by atomic mass is 9.84. The average Bonchev–Trinajstić information content (AvgIpc) is 2.72. The van der Waals surface area contributed by atoms with E-state index in [9.17, 15) is 4.79 Å². The van der Waals surface area contributed by atoms with E-state index < -0.39 is 0 Å². The number of carbonyl (C=O) groups excluding carboxylic acids is 1. The van der Waals surface area contributed by atoms with Crippen molar-refractivity contribution in [3.8, 4) is 0 Å². The molecule has 2 N–H and O–H groups in total. The lowest BCUT2D eigenvalue weighted by Gasteiger charge is -2.21. The quantitative estimate of drug-likeness (QED) is 0.864. The van der Waals surface area contributed by atoms with E-state index in [1.807, 2.05) is 6.07 Å². The van der Waals surface area contributed by atoms with Crippen LogP contribution in [0, 0.1) is 0 Å². The van der Waals surface area contributed by atoms with Gasteiger partial charge in [-0.15, -0.1) is 0 Å². The number of nitrogens with zero attached hydrogens (tertiary/aromatic N) is 1. The van der Waals surface area contributed by atoms with Gasteiger partial charge in [-0.2, -0.15) is 0 Å². The second-order valence-electron chi connectivity index (χ2n) is 4.97. The summed E-state index contributed by atoms with van der Waals surface area (Å²) in [4.78, 5) is 11.7. The van der Waals surface area contributed by atoms with E-state index in [1.54, 1.807) is 0 Å². The number of carbonyl (C=O) groups is 1. The first kappa shape index (κ1) is 11.3. The standard InChI is InChI=1S/C15H18N2O/c1-2-17-12-8-4-3-6-10(12)14-11(15(16)18)7-5-9-13(14)17/h3-4,6,8,11H,2,5,7,9H2,1H3,(H2,16,18). The number of aryl methyl sites for hydroxylation is 1. The van der Waals surface area contributed by atoms with Crippen molar-refractivity contribution in [3.05, 3.63) is 35.5 Å². The van der Waals surface area contributed by atoms with Gasteiger partial charge >= 0.3 is 0 Å². The summed E-state index contributed by atoms with van der Waals surface area (Å²) in [6, 6.07) is 8.34. The Morgan fingerprint density at radius 2 is 2.22 bits per heavy atom. The van der Waals surface area contributed by atoms with E-state index in [0.29, 0.717) is 0 Å². The molecule has 2 aromatic rings. The lowest BCUT2D eigenvalue weighted by molar-refractivity contribution is -0.119. The van der Waals surface area contributed by atoms with Crippen LogP contribution in [0.4, 0.5) is 0 Å². The molecule has 1 amide bonds. The lowest BCUT2D eigenvalue weighted by Crippen LogP contribution is -2.25. The Labute approximate surface area is 107 Å². The molecule has 18 heavy (non-hydrogen) atoms. The summed E-state index contributed by atoms with van der Waals surface area (Å²) in [7, 11) is 0. The van der Waals surface area contributed by atoms with Crippen LogP contribution in [0.15, 0.2) is 24.3 Å². The molecule has 3 rings (SSSR count). The first-order valence-corrected chi connectivity index (χ1v) is 6.63. The van der Waals surface area contributed by atoms with Crippen molar-refractivity contribution in [2.45, 2.75) is 38.6 Å². The Balaban J connectivity index is 2.34. The molecular formula is C15H18N2O. The molecule has 1 aromatic carbocycles. The second-order valence-corrected chi connectivity index (χ2v) is 4.97. The maximum Gasteiger partial charge on any atom is 0.225 e. The van der Waals surface area contributed by atoms with Crippen LogP contribution in [-0.4, -0.2) is 10.5 Å². The third kappa shape index (κ3) is 1.47. The maximum atomic E-state index is 11.7. The van der Waals surface area contributed by atoms with Crippen LogP contribution in [0.3, 0.4) is 0 Å². The molecule has 0 aliphatic heterocycles. The van der Waals surface area contributed by atoms with E-state index in [2.05, 4.69) is 29.7 Å². The normalized spacial score (nSPS) is 18.8. The predicted molar refractivity (Wildman–Crippen MR) is 72.5 cm³/mol. The third-order valence-corrected chi connectivity index (χ3v) is 4.04. The van der Waals surface area contributed by atoms with E-state index in [4.69, 9.17) is 5.73 Å². The summed E-state index contributed by atoms with van der Waals surface area (Å²) in [6.45, 7) is 3.10. The van der Waals surface area contributed by atoms with Gasteiger partial charge < -0.3 is 10.3 Å². The van der Waals surface area contributed by atoms with Crippen molar-refractivity contribution in [2.24, 2.45) is 5.73 Å². The first-order valence-electron chi connectivity index (χ1n) is 6.63. The van der Waals surface area contributed by atoms with Crippen LogP contribution in [0.2, 0.25) is 0 Å². The summed E-state index contributed by atoms with van der Waals surface area (Å²) < 4.78 is 2.33. The summed E-state index contributed by atoms with van der Waals surface area (Å²) in [5.41, 5.74) is 9.31. The van der Waals surface area contributed by atoms with Crippen LogP contribution in [-0.2, 0) is 17.8 Å². The minimum Gasteiger partial charge on any atom is -0.369 e. The fraction of sp³-hybridized carbons (Fsp3) is 0.400. The summed E-state index contributed by atoms with van der Waals surface area (Å²) in [6.07, 6.45) is 3.00. The van der Waals surface area contributed by atoms with Crippen LogP contribution in [0.5, 0.6) is 0 Å². The summed E-state index contributed by atoms with van der Waals surface area (Å²) >= 11 is 0. The number of rotatable bonds is 2. The Morgan fingerprint density at radius 3 is 2.94 bits per heavy atom. The topological polar surface area (TPSA) is 48.0 Å². The Bertz CT molecular complexity index is 612. The monoisotopic (exact) mass is 242 g/mol. The van der Waals surface area contributed by atoms with Gasteiger partial charge in [-0.3, -0.25) is 4.79 Å². The molecule has 1 aliphatic carbocycles. The van der Waals surface area contributed by atoms with Crippen molar-refractivity contribution >= 4 is 16.8 Å². The maximum absolute atomic E-state index is 11.7. The molecule has 1 aromatic heterocycles. The number of hydrogen-bond donors (Lipinski definition) is 1. The first-order chi connectivity index (χ1) is 8.74. The number of nitrogens with two attached hydrogens (primary N) is 1. The molecule has 0 fully saturated rings. The zero-order valence-corrected chi connectivity index (χ0v) is 10.6. The van der Waals surface area contributed by atoms with Gasteiger partial charge in [0.25, 0.3) is 0 Å². The molecule has 0 bridgehead atoms. The minimum absolute atomic E-state index is 0.105. The van der Waals surface area contributed by atoms with Gasteiger partial charge in [-0.1, -0.05) is 18.2 Å². The van der Waals surface area contributed by atoms with Crippen LogP contribution < -0.4 is 5.73 Å². The van der Waals surface area contributed by atoms with E-state index >= 15 is 0 Å². The highest BCUT2D eigenvalue weighted by atomic mass is 16.1. The van der Waals surface area contributed by atoms with Crippen molar-refractivity contribution in [2.75, 3.05) is 0 Å². The molecule has 1 atom stereocenters. The molecular weight excluding hydrogens is 224 g/mol. The van der Waals surface area contributed by atoms with Crippen LogP contribution in [0.1, 0.15) is 36.9 Å². The Kier molecular flexibility index (Phi) is 2.62. The SMILES string of the molecule is CCn1c2c(c3ccccc31)C(C(N)=O)CCC2. The number of aromatic nitrogens is 1. The smallest absolute Gasteiger partial charge is 0.225 e. The fourth-order valence-electron chi connectivity index (χ4n) is 3.31. The van der Waals surface area contributed by atoms with Crippen molar-refractivity contribution in [1.29, 1.82) is 0 Å². The zero-order chi connectivity index (χ0) is 12.7. The molecule has 1 aliphatic rings. The van der Waals surface area contributed by atoms with Gasteiger partial charge in [0.2, 0.25) is 5.91 Å². The van der Waals surface area contributed by atoms with Gasteiger partial charge in [0, 0.05) is 23.1 Å². The Morgan fingerprint density at radius 1 is 1.44 bits per heavy atom.